The van der Waals surface area contributed by atoms with Gasteiger partial charge in [0.15, 0.2) is 0 Å². The molecule has 0 amide bonds. The Morgan fingerprint density at radius 3 is 2.10 bits per heavy atom. The summed E-state index contributed by atoms with van der Waals surface area (Å²) < 4.78 is 0. The van der Waals surface area contributed by atoms with Crippen molar-refractivity contribution >= 4 is 0 Å². The summed E-state index contributed by atoms with van der Waals surface area (Å²) in [5.74, 6) is 3.62. The largest absolute Gasteiger partial charge is 0.0651 e. The van der Waals surface area contributed by atoms with Crippen molar-refractivity contribution in [2.24, 2.45) is 34.5 Å². The smallest absolute Gasteiger partial charge is 0.0280 e. The zero-order valence-electron chi connectivity index (χ0n) is 15.6. The van der Waals surface area contributed by atoms with Gasteiger partial charge in [0.25, 0.3) is 0 Å². The fraction of sp³-hybridized carbons (Fsp3) is 1.00. The summed E-state index contributed by atoms with van der Waals surface area (Å²) >= 11 is 0. The highest BCUT2D eigenvalue weighted by molar-refractivity contribution is 4.98. The van der Waals surface area contributed by atoms with Crippen LogP contribution in [0.3, 0.4) is 0 Å². The fourth-order valence-corrected chi connectivity index (χ4v) is 4.23. The Hall–Kier alpha value is 0. The highest BCUT2D eigenvalue weighted by Gasteiger charge is 2.48. The van der Waals surface area contributed by atoms with Crippen molar-refractivity contribution < 1.29 is 0 Å². The third-order valence-electron chi connectivity index (χ3n) is 7.43. The first-order valence-electron chi connectivity index (χ1n) is 9.23. The van der Waals surface area contributed by atoms with Gasteiger partial charge in [-0.15, -0.1) is 0 Å². The zero-order valence-corrected chi connectivity index (χ0v) is 15.6. The number of hydrogen-bond donors (Lipinski definition) is 0. The minimum atomic E-state index is 0.519. The van der Waals surface area contributed by atoms with Crippen LogP contribution in [0.2, 0.25) is 0 Å². The standard InChI is InChI=1S/C20H40/c1-9-17(13-18-14-19(18,7)10-2)12-16(6)20(8,11-3)15(4)5/h15-18H,9-14H2,1-8H3. The first-order valence-corrected chi connectivity index (χ1v) is 9.23. The molecule has 20 heavy (non-hydrogen) atoms. The molecule has 0 spiro atoms. The molecule has 1 aliphatic rings. The Morgan fingerprint density at radius 2 is 1.75 bits per heavy atom. The third-order valence-corrected chi connectivity index (χ3v) is 7.43. The van der Waals surface area contributed by atoms with E-state index in [9.17, 15) is 0 Å². The summed E-state index contributed by atoms with van der Waals surface area (Å²) in [4.78, 5) is 0. The molecule has 0 aliphatic heterocycles. The second-order valence-electron chi connectivity index (χ2n) is 8.57. The molecule has 1 fully saturated rings. The molecule has 0 saturated heterocycles. The molecular formula is C20H40. The van der Waals surface area contributed by atoms with Gasteiger partial charge in [-0.3, -0.25) is 0 Å². The van der Waals surface area contributed by atoms with Crippen LogP contribution in [-0.4, -0.2) is 0 Å². The fourth-order valence-electron chi connectivity index (χ4n) is 4.23. The normalized spacial score (nSPS) is 31.9. The molecular weight excluding hydrogens is 240 g/mol. The molecule has 0 aromatic heterocycles. The average molecular weight is 281 g/mol. The maximum atomic E-state index is 2.52. The minimum absolute atomic E-state index is 0.519. The van der Waals surface area contributed by atoms with Gasteiger partial charge in [0, 0.05) is 0 Å². The van der Waals surface area contributed by atoms with Gasteiger partial charge >= 0.3 is 0 Å². The van der Waals surface area contributed by atoms with Gasteiger partial charge in [-0.05, 0) is 53.8 Å². The molecule has 5 atom stereocenters. The van der Waals surface area contributed by atoms with Crippen LogP contribution in [0.5, 0.6) is 0 Å². The van der Waals surface area contributed by atoms with Crippen LogP contribution in [0.25, 0.3) is 0 Å². The lowest BCUT2D eigenvalue weighted by atomic mass is 9.65. The molecule has 1 aliphatic carbocycles. The van der Waals surface area contributed by atoms with Gasteiger partial charge < -0.3 is 0 Å². The lowest BCUT2D eigenvalue weighted by molar-refractivity contribution is 0.0939. The van der Waals surface area contributed by atoms with Crippen molar-refractivity contribution in [3.8, 4) is 0 Å². The summed E-state index contributed by atoms with van der Waals surface area (Å²) in [5.41, 5.74) is 1.22. The van der Waals surface area contributed by atoms with Crippen molar-refractivity contribution in [2.75, 3.05) is 0 Å². The molecule has 0 aromatic carbocycles. The maximum Gasteiger partial charge on any atom is -0.0280 e. The molecule has 0 nitrogen and oxygen atoms in total. The topological polar surface area (TPSA) is 0 Å². The highest BCUT2D eigenvalue weighted by Crippen LogP contribution is 2.58. The SMILES string of the molecule is CCC(CC1CC1(C)CC)CC(C)C(C)(CC)C(C)C. The summed E-state index contributed by atoms with van der Waals surface area (Å²) in [7, 11) is 0. The van der Waals surface area contributed by atoms with Crippen LogP contribution in [0, 0.1) is 34.5 Å². The van der Waals surface area contributed by atoms with Crippen LogP contribution in [0.1, 0.15) is 93.9 Å². The van der Waals surface area contributed by atoms with Gasteiger partial charge in [-0.2, -0.15) is 0 Å². The van der Waals surface area contributed by atoms with Gasteiger partial charge in [0.1, 0.15) is 0 Å². The molecule has 1 saturated carbocycles. The van der Waals surface area contributed by atoms with E-state index >= 15 is 0 Å². The number of hydrogen-bond acceptors (Lipinski definition) is 0. The Labute approximate surface area is 129 Å². The van der Waals surface area contributed by atoms with E-state index in [4.69, 9.17) is 0 Å². The zero-order chi connectivity index (χ0) is 15.6. The van der Waals surface area contributed by atoms with E-state index in [0.29, 0.717) is 10.8 Å². The average Bonchev–Trinajstić information content (AvgIpc) is 3.07. The van der Waals surface area contributed by atoms with E-state index in [1.54, 1.807) is 0 Å². The summed E-state index contributed by atoms with van der Waals surface area (Å²) in [6, 6.07) is 0. The molecule has 0 heteroatoms. The van der Waals surface area contributed by atoms with Crippen molar-refractivity contribution in [1.82, 2.24) is 0 Å². The highest BCUT2D eigenvalue weighted by atomic mass is 14.5. The van der Waals surface area contributed by atoms with Crippen molar-refractivity contribution in [3.63, 3.8) is 0 Å². The Bertz CT molecular complexity index is 292. The van der Waals surface area contributed by atoms with Crippen molar-refractivity contribution in [2.45, 2.75) is 93.9 Å². The van der Waals surface area contributed by atoms with Gasteiger partial charge in [0.05, 0.1) is 0 Å². The van der Waals surface area contributed by atoms with E-state index < -0.39 is 0 Å². The van der Waals surface area contributed by atoms with E-state index in [1.807, 2.05) is 0 Å². The molecule has 0 radical (unpaired) electrons. The van der Waals surface area contributed by atoms with E-state index in [-0.39, 0.29) is 0 Å². The van der Waals surface area contributed by atoms with E-state index in [0.717, 1.165) is 23.7 Å². The molecule has 0 aromatic rings. The van der Waals surface area contributed by atoms with Crippen LogP contribution >= 0.6 is 0 Å². The summed E-state index contributed by atoms with van der Waals surface area (Å²) in [6.45, 7) is 19.5. The quantitative estimate of drug-likeness (QED) is 0.429. The van der Waals surface area contributed by atoms with E-state index in [1.165, 1.54) is 38.5 Å². The van der Waals surface area contributed by atoms with Crippen LogP contribution in [0.15, 0.2) is 0 Å². The molecule has 1 rings (SSSR count). The molecule has 120 valence electrons. The Kier molecular flexibility index (Phi) is 6.17. The molecule has 0 N–H and O–H groups in total. The molecule has 5 unspecified atom stereocenters. The number of rotatable bonds is 9. The monoisotopic (exact) mass is 280 g/mol. The van der Waals surface area contributed by atoms with Gasteiger partial charge in [0.2, 0.25) is 0 Å². The second kappa shape index (κ2) is 6.84. The maximum absolute atomic E-state index is 2.52. The lowest BCUT2D eigenvalue weighted by Crippen LogP contribution is -2.32. The molecule has 0 bridgehead atoms. The lowest BCUT2D eigenvalue weighted by Gasteiger charge is -2.40. The summed E-state index contributed by atoms with van der Waals surface area (Å²) in [6.07, 6.45) is 8.49. The first-order chi connectivity index (χ1) is 9.23. The van der Waals surface area contributed by atoms with Gasteiger partial charge in [-0.25, -0.2) is 0 Å². The van der Waals surface area contributed by atoms with Gasteiger partial charge in [-0.1, -0.05) is 74.7 Å². The Morgan fingerprint density at radius 1 is 1.15 bits per heavy atom. The predicted molar refractivity (Wildman–Crippen MR) is 91.9 cm³/mol. The van der Waals surface area contributed by atoms with Crippen LogP contribution in [-0.2, 0) is 0 Å². The second-order valence-corrected chi connectivity index (χ2v) is 8.57. The molecule has 0 heterocycles. The Balaban J connectivity index is 2.56. The summed E-state index contributed by atoms with van der Waals surface area (Å²) in [5, 5.41) is 0. The first kappa shape index (κ1) is 18.1. The van der Waals surface area contributed by atoms with Crippen LogP contribution < -0.4 is 0 Å². The van der Waals surface area contributed by atoms with Crippen LogP contribution in [0.4, 0.5) is 0 Å². The predicted octanol–water partition coefficient (Wildman–Crippen LogP) is 6.94. The van der Waals surface area contributed by atoms with Crippen molar-refractivity contribution in [3.05, 3.63) is 0 Å². The van der Waals surface area contributed by atoms with Crippen molar-refractivity contribution in [1.29, 1.82) is 0 Å². The van der Waals surface area contributed by atoms with E-state index in [2.05, 4.69) is 55.4 Å². The minimum Gasteiger partial charge on any atom is -0.0651 e. The third kappa shape index (κ3) is 3.80.